The number of nitrogens with zero attached hydrogens (tertiary/aromatic N) is 1. The van der Waals surface area contributed by atoms with Crippen molar-refractivity contribution in [2.45, 2.75) is 39.0 Å². The van der Waals surface area contributed by atoms with Gasteiger partial charge in [0.1, 0.15) is 0 Å². The Labute approximate surface area is 93.2 Å². The Kier molecular flexibility index (Phi) is 5.69. The minimum Gasteiger partial charge on any atom is -0.342 e. The number of nitrogens with one attached hydrogen (secondary N) is 1. The third-order valence-electron chi connectivity index (χ3n) is 3.27. The first kappa shape index (κ1) is 12.5. The van der Waals surface area contributed by atoms with E-state index in [1.807, 2.05) is 7.05 Å². The monoisotopic (exact) mass is 212 g/mol. The molecule has 1 heterocycles. The van der Waals surface area contributed by atoms with Crippen LogP contribution in [0.5, 0.6) is 0 Å². The van der Waals surface area contributed by atoms with Crippen LogP contribution in [0.2, 0.25) is 0 Å². The van der Waals surface area contributed by atoms with E-state index in [1.54, 1.807) is 0 Å². The number of rotatable bonds is 5. The number of piperidine rings is 1. The van der Waals surface area contributed by atoms with E-state index in [1.165, 1.54) is 19.3 Å². The van der Waals surface area contributed by atoms with Gasteiger partial charge in [-0.1, -0.05) is 13.3 Å². The topological polar surface area (TPSA) is 32.3 Å². The number of carbonyl (C=O) groups is 1. The average Bonchev–Trinajstić information content (AvgIpc) is 2.29. The van der Waals surface area contributed by atoms with E-state index in [-0.39, 0.29) is 0 Å². The summed E-state index contributed by atoms with van der Waals surface area (Å²) in [5.41, 5.74) is 0. The Morgan fingerprint density at radius 1 is 1.53 bits per heavy atom. The zero-order valence-corrected chi connectivity index (χ0v) is 10.1. The SMILES string of the molecule is CCC1CCCN(C(=O)CCCNC)C1. The molecular formula is C12H24N2O. The standard InChI is InChI=1S/C12H24N2O/c1-3-11-6-5-9-14(10-11)12(15)7-4-8-13-2/h11,13H,3-10H2,1-2H3. The summed E-state index contributed by atoms with van der Waals surface area (Å²) in [7, 11) is 1.93. The number of hydrogen-bond donors (Lipinski definition) is 1. The van der Waals surface area contributed by atoms with Crippen LogP contribution >= 0.6 is 0 Å². The summed E-state index contributed by atoms with van der Waals surface area (Å²) >= 11 is 0. The fourth-order valence-corrected chi connectivity index (χ4v) is 2.20. The molecule has 1 rings (SSSR count). The highest BCUT2D eigenvalue weighted by Gasteiger charge is 2.21. The minimum atomic E-state index is 0.350. The molecule has 0 spiro atoms. The van der Waals surface area contributed by atoms with Crippen LogP contribution in [-0.4, -0.2) is 37.5 Å². The van der Waals surface area contributed by atoms with Gasteiger partial charge in [0.15, 0.2) is 0 Å². The molecule has 3 nitrogen and oxygen atoms in total. The Bertz CT molecular complexity index is 194. The second-order valence-corrected chi connectivity index (χ2v) is 4.46. The van der Waals surface area contributed by atoms with E-state index in [2.05, 4.69) is 17.1 Å². The normalized spacial score (nSPS) is 21.7. The number of amides is 1. The molecule has 1 saturated heterocycles. The van der Waals surface area contributed by atoms with Gasteiger partial charge < -0.3 is 10.2 Å². The van der Waals surface area contributed by atoms with Gasteiger partial charge in [0.05, 0.1) is 0 Å². The molecule has 1 aliphatic rings. The number of likely N-dealkylation sites (tertiary alicyclic amines) is 1. The Hall–Kier alpha value is -0.570. The lowest BCUT2D eigenvalue weighted by Gasteiger charge is -2.32. The molecular weight excluding hydrogens is 188 g/mol. The molecule has 0 aromatic heterocycles. The smallest absolute Gasteiger partial charge is 0.222 e. The Morgan fingerprint density at radius 2 is 2.33 bits per heavy atom. The van der Waals surface area contributed by atoms with Gasteiger partial charge >= 0.3 is 0 Å². The van der Waals surface area contributed by atoms with E-state index >= 15 is 0 Å². The molecule has 0 radical (unpaired) electrons. The van der Waals surface area contributed by atoms with E-state index in [0.717, 1.165) is 32.0 Å². The molecule has 0 aromatic rings. The lowest BCUT2D eigenvalue weighted by molar-refractivity contribution is -0.133. The molecule has 1 aliphatic heterocycles. The maximum atomic E-state index is 11.8. The zero-order chi connectivity index (χ0) is 11.1. The summed E-state index contributed by atoms with van der Waals surface area (Å²) in [4.78, 5) is 13.9. The lowest BCUT2D eigenvalue weighted by atomic mass is 9.95. The van der Waals surface area contributed by atoms with Crippen LogP contribution in [0.4, 0.5) is 0 Å². The van der Waals surface area contributed by atoms with Gasteiger partial charge in [0.2, 0.25) is 5.91 Å². The first-order valence-electron chi connectivity index (χ1n) is 6.20. The van der Waals surface area contributed by atoms with Crippen molar-refractivity contribution < 1.29 is 4.79 Å². The molecule has 0 aromatic carbocycles. The molecule has 0 saturated carbocycles. The van der Waals surface area contributed by atoms with Crippen molar-refractivity contribution >= 4 is 5.91 Å². The predicted octanol–water partition coefficient (Wildman–Crippen LogP) is 1.63. The summed E-state index contributed by atoms with van der Waals surface area (Å²) in [6.07, 6.45) is 5.37. The largest absolute Gasteiger partial charge is 0.342 e. The van der Waals surface area contributed by atoms with Crippen molar-refractivity contribution in [3.8, 4) is 0 Å². The summed E-state index contributed by atoms with van der Waals surface area (Å²) in [6.45, 7) is 5.14. The minimum absolute atomic E-state index is 0.350. The van der Waals surface area contributed by atoms with Crippen LogP contribution in [-0.2, 0) is 4.79 Å². The quantitative estimate of drug-likeness (QED) is 0.703. The highest BCUT2D eigenvalue weighted by Crippen LogP contribution is 2.19. The maximum absolute atomic E-state index is 11.8. The zero-order valence-electron chi connectivity index (χ0n) is 10.1. The highest BCUT2D eigenvalue weighted by atomic mass is 16.2. The van der Waals surface area contributed by atoms with E-state index in [4.69, 9.17) is 0 Å². The van der Waals surface area contributed by atoms with E-state index in [0.29, 0.717) is 12.3 Å². The van der Waals surface area contributed by atoms with Gasteiger partial charge in [0, 0.05) is 19.5 Å². The first-order chi connectivity index (χ1) is 7.27. The lowest BCUT2D eigenvalue weighted by Crippen LogP contribution is -2.39. The van der Waals surface area contributed by atoms with Crippen molar-refractivity contribution in [2.24, 2.45) is 5.92 Å². The molecule has 1 N–H and O–H groups in total. The third-order valence-corrected chi connectivity index (χ3v) is 3.27. The second-order valence-electron chi connectivity index (χ2n) is 4.46. The molecule has 3 heteroatoms. The van der Waals surface area contributed by atoms with Crippen molar-refractivity contribution in [2.75, 3.05) is 26.7 Å². The van der Waals surface area contributed by atoms with Crippen molar-refractivity contribution in [3.63, 3.8) is 0 Å². The average molecular weight is 212 g/mol. The van der Waals surface area contributed by atoms with Crippen LogP contribution < -0.4 is 5.32 Å². The van der Waals surface area contributed by atoms with Gasteiger partial charge in [-0.05, 0) is 38.8 Å². The van der Waals surface area contributed by atoms with Crippen LogP contribution in [0.25, 0.3) is 0 Å². The van der Waals surface area contributed by atoms with E-state index < -0.39 is 0 Å². The second kappa shape index (κ2) is 6.83. The molecule has 15 heavy (non-hydrogen) atoms. The highest BCUT2D eigenvalue weighted by molar-refractivity contribution is 5.76. The van der Waals surface area contributed by atoms with Crippen LogP contribution in [0.1, 0.15) is 39.0 Å². The molecule has 1 unspecified atom stereocenters. The maximum Gasteiger partial charge on any atom is 0.222 e. The molecule has 1 amide bonds. The fourth-order valence-electron chi connectivity index (χ4n) is 2.20. The van der Waals surface area contributed by atoms with Gasteiger partial charge in [-0.3, -0.25) is 4.79 Å². The van der Waals surface area contributed by atoms with Crippen LogP contribution in [0.15, 0.2) is 0 Å². The first-order valence-corrected chi connectivity index (χ1v) is 6.20. The third kappa shape index (κ3) is 4.20. The summed E-state index contributed by atoms with van der Waals surface area (Å²) in [6, 6.07) is 0. The van der Waals surface area contributed by atoms with Gasteiger partial charge in [-0.15, -0.1) is 0 Å². The number of hydrogen-bond acceptors (Lipinski definition) is 2. The summed E-state index contributed by atoms with van der Waals surface area (Å²) in [5, 5.41) is 3.08. The Balaban J connectivity index is 2.25. The van der Waals surface area contributed by atoms with Crippen molar-refractivity contribution in [1.29, 1.82) is 0 Å². The van der Waals surface area contributed by atoms with E-state index in [9.17, 15) is 4.79 Å². The van der Waals surface area contributed by atoms with Gasteiger partial charge in [-0.2, -0.15) is 0 Å². The van der Waals surface area contributed by atoms with Gasteiger partial charge in [-0.25, -0.2) is 0 Å². The summed E-state index contributed by atoms with van der Waals surface area (Å²) in [5.74, 6) is 1.09. The summed E-state index contributed by atoms with van der Waals surface area (Å²) < 4.78 is 0. The van der Waals surface area contributed by atoms with Crippen molar-refractivity contribution in [3.05, 3.63) is 0 Å². The van der Waals surface area contributed by atoms with Crippen LogP contribution in [0, 0.1) is 5.92 Å². The molecule has 88 valence electrons. The Morgan fingerprint density at radius 3 is 3.00 bits per heavy atom. The molecule has 1 atom stereocenters. The fraction of sp³-hybridized carbons (Fsp3) is 0.917. The molecule has 0 bridgehead atoms. The van der Waals surface area contributed by atoms with Crippen LogP contribution in [0.3, 0.4) is 0 Å². The number of carbonyl (C=O) groups excluding carboxylic acids is 1. The molecule has 0 aliphatic carbocycles. The predicted molar refractivity (Wildman–Crippen MR) is 62.8 cm³/mol. The van der Waals surface area contributed by atoms with Gasteiger partial charge in [0.25, 0.3) is 0 Å². The van der Waals surface area contributed by atoms with Crippen molar-refractivity contribution in [1.82, 2.24) is 10.2 Å². The molecule has 1 fully saturated rings.